The maximum absolute atomic E-state index is 12.6. The van der Waals surface area contributed by atoms with E-state index >= 15 is 0 Å². The van der Waals surface area contributed by atoms with Crippen molar-refractivity contribution in [1.82, 2.24) is 5.32 Å². The van der Waals surface area contributed by atoms with Crippen LogP contribution >= 0.6 is 0 Å². The molecule has 0 aromatic heterocycles. The number of hydrogen-bond acceptors (Lipinski definition) is 3. The molecule has 0 spiro atoms. The van der Waals surface area contributed by atoms with Gasteiger partial charge in [-0.15, -0.1) is 0 Å². The topological polar surface area (TPSA) is 69.6 Å². The molecule has 3 N–H and O–H groups in total. The number of rotatable bonds is 62. The Morgan fingerprint density at radius 2 is 0.587 bits per heavy atom. The molecule has 0 aromatic carbocycles. The van der Waals surface area contributed by atoms with Gasteiger partial charge in [0.2, 0.25) is 5.91 Å². The SMILES string of the molecule is CC/C=C\C/C=C\C/C=C\C/C=C\C/C=C\C/C=C\CCCCCCCCCCCCCCCCC(=O)NC(CO)C(O)CCCCCCCCCCCCCCCCCCCCCCCCCCCCCCCC. The fourth-order valence-electron chi connectivity index (χ4n) is 10.4. The first kappa shape index (κ1) is 72.8. The summed E-state index contributed by atoms with van der Waals surface area (Å²) in [4.78, 5) is 12.6. The summed E-state index contributed by atoms with van der Waals surface area (Å²) in [5.41, 5.74) is 0. The van der Waals surface area contributed by atoms with E-state index in [0.717, 1.165) is 64.2 Å². The normalized spacial score (nSPS) is 13.2. The zero-order valence-electron chi connectivity index (χ0n) is 50.6. The number of carbonyl (C=O) groups excluding carboxylic acids is 1. The van der Waals surface area contributed by atoms with Gasteiger partial charge >= 0.3 is 0 Å². The summed E-state index contributed by atoms with van der Waals surface area (Å²) in [5.74, 6) is -0.0290. The summed E-state index contributed by atoms with van der Waals surface area (Å²) in [6, 6.07) is -0.542. The molecule has 75 heavy (non-hydrogen) atoms. The van der Waals surface area contributed by atoms with Gasteiger partial charge in [0, 0.05) is 6.42 Å². The predicted octanol–water partition coefficient (Wildman–Crippen LogP) is 22.9. The molecule has 0 bridgehead atoms. The minimum Gasteiger partial charge on any atom is -0.394 e. The second-order valence-corrected chi connectivity index (χ2v) is 22.9. The number of hydrogen-bond donors (Lipinski definition) is 3. The fraction of sp³-hybridized carbons (Fsp3) is 0.817. The highest BCUT2D eigenvalue weighted by molar-refractivity contribution is 5.76. The minimum absolute atomic E-state index is 0.0290. The van der Waals surface area contributed by atoms with Crippen LogP contribution in [0.25, 0.3) is 0 Å². The fourth-order valence-corrected chi connectivity index (χ4v) is 10.4. The smallest absolute Gasteiger partial charge is 0.220 e. The third kappa shape index (κ3) is 62.6. The van der Waals surface area contributed by atoms with Crippen LogP contribution in [0.3, 0.4) is 0 Å². The van der Waals surface area contributed by atoms with Gasteiger partial charge in [0.15, 0.2) is 0 Å². The summed E-state index contributed by atoms with van der Waals surface area (Å²) in [7, 11) is 0. The molecule has 1 amide bonds. The van der Waals surface area contributed by atoms with Gasteiger partial charge in [0.1, 0.15) is 0 Å². The largest absolute Gasteiger partial charge is 0.394 e. The second-order valence-electron chi connectivity index (χ2n) is 22.9. The van der Waals surface area contributed by atoms with Crippen LogP contribution < -0.4 is 5.32 Å². The van der Waals surface area contributed by atoms with Gasteiger partial charge in [0.05, 0.1) is 18.8 Å². The van der Waals surface area contributed by atoms with E-state index in [2.05, 4.69) is 92.1 Å². The van der Waals surface area contributed by atoms with Crippen LogP contribution in [-0.2, 0) is 4.79 Å². The molecule has 0 aliphatic carbocycles. The minimum atomic E-state index is -0.664. The number of unbranched alkanes of at least 4 members (excludes halogenated alkanes) is 43. The van der Waals surface area contributed by atoms with Gasteiger partial charge in [-0.05, 0) is 64.2 Å². The van der Waals surface area contributed by atoms with Gasteiger partial charge in [-0.3, -0.25) is 4.79 Å². The van der Waals surface area contributed by atoms with E-state index in [9.17, 15) is 15.0 Å². The van der Waals surface area contributed by atoms with E-state index in [4.69, 9.17) is 0 Å². The van der Waals surface area contributed by atoms with Gasteiger partial charge in [-0.1, -0.05) is 356 Å². The van der Waals surface area contributed by atoms with E-state index in [0.29, 0.717) is 12.8 Å². The number of amides is 1. The maximum Gasteiger partial charge on any atom is 0.220 e. The van der Waals surface area contributed by atoms with E-state index in [1.807, 2.05) is 0 Å². The molecule has 4 heteroatoms. The lowest BCUT2D eigenvalue weighted by molar-refractivity contribution is -0.123. The Balaban J connectivity index is 3.44. The van der Waals surface area contributed by atoms with E-state index in [-0.39, 0.29) is 12.5 Å². The van der Waals surface area contributed by atoms with Crippen LogP contribution in [0.1, 0.15) is 354 Å². The van der Waals surface area contributed by atoms with Crippen LogP contribution in [0.5, 0.6) is 0 Å². The Bertz CT molecular complexity index is 1280. The average molecular weight is 1050 g/mol. The highest BCUT2D eigenvalue weighted by Crippen LogP contribution is 2.19. The highest BCUT2D eigenvalue weighted by atomic mass is 16.3. The molecule has 0 aliphatic rings. The van der Waals surface area contributed by atoms with Crippen molar-refractivity contribution in [3.05, 3.63) is 72.9 Å². The molecule has 0 rings (SSSR count). The van der Waals surface area contributed by atoms with Crippen molar-refractivity contribution >= 4 is 5.91 Å². The third-order valence-corrected chi connectivity index (χ3v) is 15.5. The van der Waals surface area contributed by atoms with E-state index in [1.54, 1.807) is 0 Å². The molecule has 4 nitrogen and oxygen atoms in total. The molecule has 0 radical (unpaired) electrons. The molecule has 0 aromatic rings. The Morgan fingerprint density at radius 3 is 0.880 bits per heavy atom. The predicted molar refractivity (Wildman–Crippen MR) is 336 cm³/mol. The summed E-state index contributed by atoms with van der Waals surface area (Å²) < 4.78 is 0. The summed E-state index contributed by atoms with van der Waals surface area (Å²) in [6.45, 7) is 4.28. The Kier molecular flexibility index (Phi) is 64.2. The van der Waals surface area contributed by atoms with Crippen molar-refractivity contribution in [3.63, 3.8) is 0 Å². The lowest BCUT2D eigenvalue weighted by Gasteiger charge is -2.22. The van der Waals surface area contributed by atoms with Crippen molar-refractivity contribution in [1.29, 1.82) is 0 Å². The Labute approximate surface area is 469 Å². The lowest BCUT2D eigenvalue weighted by atomic mass is 10.0. The van der Waals surface area contributed by atoms with Gasteiger partial charge in [-0.25, -0.2) is 0 Å². The van der Waals surface area contributed by atoms with Crippen molar-refractivity contribution < 1.29 is 15.0 Å². The first-order valence-corrected chi connectivity index (χ1v) is 33.6. The van der Waals surface area contributed by atoms with Crippen molar-refractivity contribution in [2.45, 2.75) is 366 Å². The molecule has 0 saturated carbocycles. The quantitative estimate of drug-likeness (QED) is 0.0420. The molecule has 0 fully saturated rings. The standard InChI is InChI=1S/C71H131NO3/c1-3-5-7-9-11-13-15-17-19-21-23-25-27-29-31-33-35-36-37-39-41-43-45-47-49-51-53-55-57-59-61-63-65-67-71(75)72-69(68-73)70(74)66-64-62-60-58-56-54-52-50-48-46-44-42-40-38-34-32-30-28-26-24-22-20-18-16-14-12-10-8-6-4-2/h5,7,11,13,17,19,23,25,29,31,35-36,69-70,73-74H,3-4,6,8-10,12,14-16,18,20-22,24,26-28,30,32-34,37-68H2,1-2H3,(H,72,75)/b7-5-,13-11-,19-17-,25-23-,31-29-,36-35-. The van der Waals surface area contributed by atoms with E-state index < -0.39 is 12.1 Å². The number of allylic oxidation sites excluding steroid dienone is 12. The zero-order chi connectivity index (χ0) is 54.1. The Morgan fingerprint density at radius 1 is 0.333 bits per heavy atom. The molecule has 0 heterocycles. The van der Waals surface area contributed by atoms with Crippen LogP contribution in [0.2, 0.25) is 0 Å². The van der Waals surface area contributed by atoms with Crippen molar-refractivity contribution in [3.8, 4) is 0 Å². The summed E-state index contributed by atoms with van der Waals surface area (Å²) in [6.07, 6.45) is 95.1. The van der Waals surface area contributed by atoms with E-state index in [1.165, 1.54) is 263 Å². The van der Waals surface area contributed by atoms with Gasteiger partial charge in [0.25, 0.3) is 0 Å². The first-order chi connectivity index (χ1) is 37.2. The van der Waals surface area contributed by atoms with Crippen molar-refractivity contribution in [2.75, 3.05) is 6.61 Å². The van der Waals surface area contributed by atoms with Crippen LogP contribution in [0.15, 0.2) is 72.9 Å². The number of nitrogens with one attached hydrogen (secondary N) is 1. The zero-order valence-corrected chi connectivity index (χ0v) is 50.6. The summed E-state index contributed by atoms with van der Waals surface area (Å²) >= 11 is 0. The molecule has 2 atom stereocenters. The molecule has 0 aliphatic heterocycles. The average Bonchev–Trinajstić information content (AvgIpc) is 3.41. The molecule has 2 unspecified atom stereocenters. The van der Waals surface area contributed by atoms with Gasteiger partial charge in [-0.2, -0.15) is 0 Å². The monoisotopic (exact) mass is 1050 g/mol. The number of aliphatic hydroxyl groups excluding tert-OH is 2. The second kappa shape index (κ2) is 66.1. The highest BCUT2D eigenvalue weighted by Gasteiger charge is 2.20. The van der Waals surface area contributed by atoms with Gasteiger partial charge < -0.3 is 15.5 Å². The number of carbonyl (C=O) groups is 1. The van der Waals surface area contributed by atoms with Crippen LogP contribution in [-0.4, -0.2) is 34.9 Å². The molecule has 438 valence electrons. The van der Waals surface area contributed by atoms with Crippen LogP contribution in [0.4, 0.5) is 0 Å². The molecular formula is C71H131NO3. The summed E-state index contributed by atoms with van der Waals surface area (Å²) in [5, 5.41) is 23.5. The Hall–Kier alpha value is -2.17. The molecular weight excluding hydrogens is 915 g/mol. The maximum atomic E-state index is 12.6. The third-order valence-electron chi connectivity index (χ3n) is 15.5. The van der Waals surface area contributed by atoms with Crippen molar-refractivity contribution in [2.24, 2.45) is 0 Å². The molecule has 0 saturated heterocycles. The first-order valence-electron chi connectivity index (χ1n) is 33.6. The van der Waals surface area contributed by atoms with Crippen LogP contribution in [0, 0.1) is 0 Å². The lowest BCUT2D eigenvalue weighted by Crippen LogP contribution is -2.45. The number of aliphatic hydroxyl groups is 2.